The topological polar surface area (TPSA) is 43.4 Å². The second-order valence-corrected chi connectivity index (χ2v) is 5.18. The van der Waals surface area contributed by atoms with Crippen LogP contribution < -0.4 is 0 Å². The lowest BCUT2D eigenvalue weighted by Crippen LogP contribution is -2.24. The van der Waals surface area contributed by atoms with Crippen molar-refractivity contribution in [2.75, 3.05) is 0 Å². The Morgan fingerprint density at radius 2 is 2.00 bits per heavy atom. The second-order valence-electron chi connectivity index (χ2n) is 4.32. The van der Waals surface area contributed by atoms with Crippen LogP contribution in [0, 0.1) is 0 Å². The van der Waals surface area contributed by atoms with E-state index in [4.69, 9.17) is 4.74 Å². The van der Waals surface area contributed by atoms with Crippen molar-refractivity contribution in [1.82, 2.24) is 0 Å². The summed E-state index contributed by atoms with van der Waals surface area (Å²) in [5.41, 5.74) is 0.0167. The van der Waals surface area contributed by atoms with Crippen molar-refractivity contribution in [3.8, 4) is 0 Å². The third-order valence-corrected chi connectivity index (χ3v) is 2.44. The van der Waals surface area contributed by atoms with Gasteiger partial charge in [-0.2, -0.15) is 0 Å². The molecule has 0 radical (unpaired) electrons. The van der Waals surface area contributed by atoms with Crippen molar-refractivity contribution in [3.05, 3.63) is 33.8 Å². The summed E-state index contributed by atoms with van der Waals surface area (Å²) in [7, 11) is 0. The molecule has 0 atom stereocenters. The van der Waals surface area contributed by atoms with Crippen LogP contribution in [0.3, 0.4) is 0 Å². The SMILES string of the molecule is CC(C)(C)OC(=O)c1c(Br)cccc1C=O. The minimum Gasteiger partial charge on any atom is -0.456 e. The number of benzene rings is 1. The molecule has 0 bridgehead atoms. The molecule has 1 rings (SSSR count). The largest absolute Gasteiger partial charge is 0.456 e. The molecular formula is C12H13BrO3. The number of hydrogen-bond donors (Lipinski definition) is 0. The molecule has 0 amide bonds. The van der Waals surface area contributed by atoms with Gasteiger partial charge in [0, 0.05) is 10.0 Å². The summed E-state index contributed by atoms with van der Waals surface area (Å²) in [4.78, 5) is 22.7. The van der Waals surface area contributed by atoms with Crippen molar-refractivity contribution < 1.29 is 14.3 Å². The number of rotatable bonds is 2. The molecule has 0 fully saturated rings. The van der Waals surface area contributed by atoms with Crippen LogP contribution in [0.25, 0.3) is 0 Å². The number of carbonyl (C=O) groups is 2. The van der Waals surface area contributed by atoms with Crippen molar-refractivity contribution in [2.24, 2.45) is 0 Å². The zero-order chi connectivity index (χ0) is 12.3. The van der Waals surface area contributed by atoms with Crippen LogP contribution in [0.1, 0.15) is 41.5 Å². The lowest BCUT2D eigenvalue weighted by Gasteiger charge is -2.20. The van der Waals surface area contributed by atoms with E-state index in [2.05, 4.69) is 15.9 Å². The van der Waals surface area contributed by atoms with Crippen molar-refractivity contribution in [2.45, 2.75) is 26.4 Å². The normalized spacial score (nSPS) is 11.0. The lowest BCUT2D eigenvalue weighted by molar-refractivity contribution is 0.00672. The molecule has 0 N–H and O–H groups in total. The summed E-state index contributed by atoms with van der Waals surface area (Å²) in [6.45, 7) is 5.34. The summed E-state index contributed by atoms with van der Waals surface area (Å²) in [5, 5.41) is 0. The summed E-state index contributed by atoms with van der Waals surface area (Å²) >= 11 is 3.24. The number of hydrogen-bond acceptors (Lipinski definition) is 3. The predicted octanol–water partition coefficient (Wildman–Crippen LogP) is 3.22. The Hall–Kier alpha value is -1.16. The smallest absolute Gasteiger partial charge is 0.340 e. The maximum absolute atomic E-state index is 11.8. The molecule has 86 valence electrons. The van der Waals surface area contributed by atoms with Gasteiger partial charge < -0.3 is 4.74 Å². The third kappa shape index (κ3) is 3.17. The highest BCUT2D eigenvalue weighted by Crippen LogP contribution is 2.22. The minimum atomic E-state index is -0.577. The van der Waals surface area contributed by atoms with Crippen LogP contribution in [-0.2, 0) is 4.74 Å². The van der Waals surface area contributed by atoms with Gasteiger partial charge in [-0.25, -0.2) is 4.79 Å². The van der Waals surface area contributed by atoms with E-state index >= 15 is 0 Å². The van der Waals surface area contributed by atoms with E-state index in [9.17, 15) is 9.59 Å². The molecule has 0 aliphatic rings. The van der Waals surface area contributed by atoms with E-state index in [0.717, 1.165) is 0 Å². The fraction of sp³-hybridized carbons (Fsp3) is 0.333. The van der Waals surface area contributed by atoms with Gasteiger partial charge in [-0.15, -0.1) is 0 Å². The maximum atomic E-state index is 11.8. The molecule has 1 aromatic rings. The highest BCUT2D eigenvalue weighted by Gasteiger charge is 2.22. The Kier molecular flexibility index (Phi) is 3.86. The van der Waals surface area contributed by atoms with Gasteiger partial charge in [-0.05, 0) is 42.8 Å². The molecule has 3 nitrogen and oxygen atoms in total. The Balaban J connectivity index is 3.12. The standard InChI is InChI=1S/C12H13BrO3/c1-12(2,3)16-11(15)10-8(7-14)5-4-6-9(10)13/h4-7H,1-3H3. The summed E-state index contributed by atoms with van der Waals surface area (Å²) < 4.78 is 5.78. The van der Waals surface area contributed by atoms with E-state index in [1.165, 1.54) is 0 Å². The minimum absolute atomic E-state index is 0.271. The van der Waals surface area contributed by atoms with Crippen LogP contribution in [0.2, 0.25) is 0 Å². The monoisotopic (exact) mass is 284 g/mol. The van der Waals surface area contributed by atoms with Crippen LogP contribution in [0.15, 0.2) is 22.7 Å². The zero-order valence-electron chi connectivity index (χ0n) is 9.41. The summed E-state index contributed by atoms with van der Waals surface area (Å²) in [6, 6.07) is 4.98. The fourth-order valence-corrected chi connectivity index (χ4v) is 1.73. The van der Waals surface area contributed by atoms with E-state index in [1.54, 1.807) is 39.0 Å². The molecule has 16 heavy (non-hydrogen) atoms. The van der Waals surface area contributed by atoms with Gasteiger partial charge in [-0.1, -0.05) is 12.1 Å². The van der Waals surface area contributed by atoms with Crippen molar-refractivity contribution in [1.29, 1.82) is 0 Å². The van der Waals surface area contributed by atoms with Gasteiger partial charge in [-0.3, -0.25) is 4.79 Å². The molecule has 0 aromatic heterocycles. The van der Waals surface area contributed by atoms with Gasteiger partial charge in [0.2, 0.25) is 0 Å². The third-order valence-electron chi connectivity index (χ3n) is 1.78. The quantitative estimate of drug-likeness (QED) is 0.619. The highest BCUT2D eigenvalue weighted by atomic mass is 79.9. The summed E-state index contributed by atoms with van der Waals surface area (Å²) in [5.74, 6) is -0.498. The maximum Gasteiger partial charge on any atom is 0.340 e. The van der Waals surface area contributed by atoms with Gasteiger partial charge in [0.25, 0.3) is 0 Å². The molecule has 1 aromatic carbocycles. The molecule has 0 heterocycles. The first kappa shape index (κ1) is 12.9. The molecule has 0 saturated heterocycles. The van der Waals surface area contributed by atoms with Gasteiger partial charge in [0.1, 0.15) is 5.60 Å². The van der Waals surface area contributed by atoms with Gasteiger partial charge >= 0.3 is 5.97 Å². The van der Waals surface area contributed by atoms with Crippen LogP contribution in [0.4, 0.5) is 0 Å². The first-order valence-electron chi connectivity index (χ1n) is 4.82. The number of esters is 1. The molecule has 0 unspecified atom stereocenters. The van der Waals surface area contributed by atoms with E-state index in [1.807, 2.05) is 0 Å². The van der Waals surface area contributed by atoms with Crippen molar-refractivity contribution in [3.63, 3.8) is 0 Å². The van der Waals surface area contributed by atoms with Crippen LogP contribution in [-0.4, -0.2) is 17.9 Å². The van der Waals surface area contributed by atoms with Crippen LogP contribution in [0.5, 0.6) is 0 Å². The molecule has 0 saturated carbocycles. The first-order chi connectivity index (χ1) is 7.35. The van der Waals surface area contributed by atoms with E-state index in [-0.39, 0.29) is 5.56 Å². The summed E-state index contributed by atoms with van der Waals surface area (Å²) in [6.07, 6.45) is 0.643. The Labute approximate surface area is 103 Å². The fourth-order valence-electron chi connectivity index (χ4n) is 1.18. The molecule has 0 spiro atoms. The Morgan fingerprint density at radius 1 is 1.38 bits per heavy atom. The second kappa shape index (κ2) is 4.78. The van der Waals surface area contributed by atoms with Gasteiger partial charge in [0.15, 0.2) is 6.29 Å². The predicted molar refractivity (Wildman–Crippen MR) is 64.7 cm³/mol. The lowest BCUT2D eigenvalue weighted by atomic mass is 10.1. The average Bonchev–Trinajstić information content (AvgIpc) is 2.14. The number of halogens is 1. The van der Waals surface area contributed by atoms with Crippen molar-refractivity contribution >= 4 is 28.2 Å². The van der Waals surface area contributed by atoms with Crippen LogP contribution >= 0.6 is 15.9 Å². The highest BCUT2D eigenvalue weighted by molar-refractivity contribution is 9.10. The Bertz CT molecular complexity index is 419. The molecule has 0 aliphatic carbocycles. The molecule has 0 aliphatic heterocycles. The van der Waals surface area contributed by atoms with E-state index < -0.39 is 11.6 Å². The Morgan fingerprint density at radius 3 is 2.50 bits per heavy atom. The molecule has 4 heteroatoms. The first-order valence-corrected chi connectivity index (χ1v) is 5.61. The number of ether oxygens (including phenoxy) is 1. The number of aldehydes is 1. The van der Waals surface area contributed by atoms with E-state index in [0.29, 0.717) is 16.3 Å². The zero-order valence-corrected chi connectivity index (χ0v) is 11.0. The van der Waals surface area contributed by atoms with Gasteiger partial charge in [0.05, 0.1) is 5.56 Å². The molecular weight excluding hydrogens is 272 g/mol. The number of carbonyl (C=O) groups excluding carboxylic acids is 2. The average molecular weight is 285 g/mol.